The predicted octanol–water partition coefficient (Wildman–Crippen LogP) is 4.21. The van der Waals surface area contributed by atoms with Crippen LogP contribution in [-0.2, 0) is 0 Å². The highest BCUT2D eigenvalue weighted by atomic mass is 79.9. The summed E-state index contributed by atoms with van der Waals surface area (Å²) in [6.07, 6.45) is 2.54. The number of nitrogens with zero attached hydrogens (tertiary/aromatic N) is 2. The first-order valence-corrected chi connectivity index (χ1v) is 7.57. The van der Waals surface area contributed by atoms with Gasteiger partial charge in [0.1, 0.15) is 16.2 Å². The Bertz CT molecular complexity index is 420. The smallest absolute Gasteiger partial charge is 0.134 e. The van der Waals surface area contributed by atoms with Gasteiger partial charge in [0, 0.05) is 18.0 Å². The van der Waals surface area contributed by atoms with Gasteiger partial charge in [-0.05, 0) is 40.6 Å². The first-order valence-electron chi connectivity index (χ1n) is 6.78. The molecule has 1 aromatic heterocycles. The van der Waals surface area contributed by atoms with Crippen LogP contribution in [0.2, 0.25) is 0 Å². The van der Waals surface area contributed by atoms with Crippen molar-refractivity contribution in [1.82, 2.24) is 9.97 Å². The molecule has 0 aromatic carbocycles. The zero-order valence-electron chi connectivity index (χ0n) is 11.6. The summed E-state index contributed by atoms with van der Waals surface area (Å²) >= 11 is 3.47. The van der Waals surface area contributed by atoms with Crippen molar-refractivity contribution in [3.05, 3.63) is 16.5 Å². The second-order valence-electron chi connectivity index (χ2n) is 5.75. The fourth-order valence-electron chi connectivity index (χ4n) is 2.53. The summed E-state index contributed by atoms with van der Waals surface area (Å²) in [4.78, 5) is 9.01. The van der Waals surface area contributed by atoms with Crippen LogP contribution < -0.4 is 5.32 Å². The van der Waals surface area contributed by atoms with Crippen molar-refractivity contribution in [3.63, 3.8) is 0 Å². The van der Waals surface area contributed by atoms with Gasteiger partial charge in [0.2, 0.25) is 0 Å². The van der Waals surface area contributed by atoms with Gasteiger partial charge in [-0.1, -0.05) is 27.7 Å². The zero-order chi connectivity index (χ0) is 13.3. The lowest BCUT2D eigenvalue weighted by Crippen LogP contribution is -2.24. The van der Waals surface area contributed by atoms with E-state index < -0.39 is 0 Å². The van der Waals surface area contributed by atoms with E-state index in [4.69, 9.17) is 0 Å². The molecule has 0 aliphatic heterocycles. The Morgan fingerprint density at radius 3 is 2.56 bits per heavy atom. The van der Waals surface area contributed by atoms with Gasteiger partial charge in [0.05, 0.1) is 0 Å². The maximum absolute atomic E-state index is 4.60. The SMILES string of the molecule is CC(C)c1nc(Br)cc(NC2CCC(C)C2C)n1. The topological polar surface area (TPSA) is 37.8 Å². The van der Waals surface area contributed by atoms with E-state index in [1.54, 1.807) is 0 Å². The average molecular weight is 312 g/mol. The molecule has 3 nitrogen and oxygen atoms in total. The van der Waals surface area contributed by atoms with Crippen LogP contribution in [0.1, 0.15) is 52.3 Å². The van der Waals surface area contributed by atoms with Crippen LogP contribution in [0.25, 0.3) is 0 Å². The molecule has 3 atom stereocenters. The van der Waals surface area contributed by atoms with Crippen molar-refractivity contribution in [2.45, 2.75) is 52.5 Å². The number of aromatic nitrogens is 2. The Morgan fingerprint density at radius 2 is 2.00 bits per heavy atom. The number of hydrogen-bond acceptors (Lipinski definition) is 3. The molecular formula is C14H22BrN3. The van der Waals surface area contributed by atoms with E-state index in [1.807, 2.05) is 6.07 Å². The number of anilines is 1. The average Bonchev–Trinajstić information content (AvgIpc) is 2.60. The Labute approximate surface area is 118 Å². The fraction of sp³-hybridized carbons (Fsp3) is 0.714. The van der Waals surface area contributed by atoms with Gasteiger partial charge in [-0.25, -0.2) is 9.97 Å². The predicted molar refractivity (Wildman–Crippen MR) is 78.8 cm³/mol. The molecule has 0 saturated heterocycles. The standard InChI is InChI=1S/C14H22BrN3/c1-8(2)14-17-12(15)7-13(18-14)16-11-6-5-9(3)10(11)4/h7-11H,5-6H2,1-4H3,(H,16,17,18). The first kappa shape index (κ1) is 13.8. The molecule has 100 valence electrons. The third-order valence-corrected chi connectivity index (χ3v) is 4.43. The van der Waals surface area contributed by atoms with Crippen molar-refractivity contribution >= 4 is 21.7 Å². The lowest BCUT2D eigenvalue weighted by Gasteiger charge is -2.20. The Hall–Kier alpha value is -0.640. The van der Waals surface area contributed by atoms with Crippen LogP contribution in [0.5, 0.6) is 0 Å². The monoisotopic (exact) mass is 311 g/mol. The number of halogens is 1. The van der Waals surface area contributed by atoms with Crippen molar-refractivity contribution in [2.24, 2.45) is 11.8 Å². The lowest BCUT2D eigenvalue weighted by molar-refractivity contribution is 0.435. The van der Waals surface area contributed by atoms with E-state index in [9.17, 15) is 0 Å². The molecule has 0 radical (unpaired) electrons. The van der Waals surface area contributed by atoms with Gasteiger partial charge in [0.25, 0.3) is 0 Å². The third kappa shape index (κ3) is 3.02. The van der Waals surface area contributed by atoms with Crippen LogP contribution in [-0.4, -0.2) is 16.0 Å². The van der Waals surface area contributed by atoms with E-state index in [0.29, 0.717) is 17.9 Å². The summed E-state index contributed by atoms with van der Waals surface area (Å²) in [5.41, 5.74) is 0. The van der Waals surface area contributed by atoms with Gasteiger partial charge in [-0.15, -0.1) is 0 Å². The zero-order valence-corrected chi connectivity index (χ0v) is 13.2. The second kappa shape index (κ2) is 5.55. The molecule has 4 heteroatoms. The number of hydrogen-bond donors (Lipinski definition) is 1. The van der Waals surface area contributed by atoms with Crippen LogP contribution in [0.3, 0.4) is 0 Å². The molecule has 3 unspecified atom stereocenters. The van der Waals surface area contributed by atoms with Gasteiger partial charge in [-0.3, -0.25) is 0 Å². The van der Waals surface area contributed by atoms with Crippen molar-refractivity contribution in [1.29, 1.82) is 0 Å². The van der Waals surface area contributed by atoms with Gasteiger partial charge < -0.3 is 5.32 Å². The number of nitrogens with one attached hydrogen (secondary N) is 1. The summed E-state index contributed by atoms with van der Waals surface area (Å²) in [7, 11) is 0. The number of rotatable bonds is 3. The summed E-state index contributed by atoms with van der Waals surface area (Å²) < 4.78 is 0.863. The van der Waals surface area contributed by atoms with Crippen LogP contribution in [0.4, 0.5) is 5.82 Å². The quantitative estimate of drug-likeness (QED) is 0.850. The minimum atomic E-state index is 0.350. The van der Waals surface area contributed by atoms with Gasteiger partial charge in [-0.2, -0.15) is 0 Å². The Kier molecular flexibility index (Phi) is 4.25. The fourth-order valence-corrected chi connectivity index (χ4v) is 2.92. The summed E-state index contributed by atoms with van der Waals surface area (Å²) in [5.74, 6) is 3.71. The molecule has 1 fully saturated rings. The highest BCUT2D eigenvalue weighted by molar-refractivity contribution is 9.10. The first-order chi connectivity index (χ1) is 8.47. The molecule has 0 amide bonds. The lowest BCUT2D eigenvalue weighted by atomic mass is 9.98. The summed E-state index contributed by atoms with van der Waals surface area (Å²) in [6, 6.07) is 2.52. The molecule has 1 aromatic rings. The molecule has 18 heavy (non-hydrogen) atoms. The Morgan fingerprint density at radius 1 is 1.28 bits per heavy atom. The summed E-state index contributed by atoms with van der Waals surface area (Å²) in [5, 5.41) is 3.58. The maximum atomic E-state index is 4.60. The van der Waals surface area contributed by atoms with Crippen LogP contribution in [0.15, 0.2) is 10.7 Å². The van der Waals surface area contributed by atoms with Crippen LogP contribution >= 0.6 is 15.9 Å². The molecule has 1 aliphatic carbocycles. The van der Waals surface area contributed by atoms with Crippen molar-refractivity contribution in [3.8, 4) is 0 Å². The van der Waals surface area contributed by atoms with E-state index >= 15 is 0 Å². The molecule has 0 spiro atoms. The minimum Gasteiger partial charge on any atom is -0.367 e. The third-order valence-electron chi connectivity index (χ3n) is 4.03. The highest BCUT2D eigenvalue weighted by Crippen LogP contribution is 2.33. The molecule has 1 heterocycles. The van der Waals surface area contributed by atoms with E-state index in [0.717, 1.165) is 22.2 Å². The summed E-state index contributed by atoms with van der Waals surface area (Å²) in [6.45, 7) is 8.90. The van der Waals surface area contributed by atoms with Crippen LogP contribution in [0, 0.1) is 11.8 Å². The van der Waals surface area contributed by atoms with Gasteiger partial charge in [0.15, 0.2) is 0 Å². The van der Waals surface area contributed by atoms with Gasteiger partial charge >= 0.3 is 0 Å². The molecule has 0 bridgehead atoms. The minimum absolute atomic E-state index is 0.350. The largest absolute Gasteiger partial charge is 0.367 e. The second-order valence-corrected chi connectivity index (χ2v) is 6.57. The van der Waals surface area contributed by atoms with E-state index in [-0.39, 0.29) is 0 Å². The highest BCUT2D eigenvalue weighted by Gasteiger charge is 2.29. The van der Waals surface area contributed by atoms with E-state index in [1.165, 1.54) is 12.8 Å². The maximum Gasteiger partial charge on any atom is 0.134 e. The molecule has 1 saturated carbocycles. The Balaban J connectivity index is 2.14. The normalized spacial score (nSPS) is 27.8. The van der Waals surface area contributed by atoms with Crippen molar-refractivity contribution in [2.75, 3.05) is 5.32 Å². The van der Waals surface area contributed by atoms with E-state index in [2.05, 4.69) is 58.9 Å². The molecule has 1 N–H and O–H groups in total. The molecule has 2 rings (SSSR count). The molecular weight excluding hydrogens is 290 g/mol. The van der Waals surface area contributed by atoms with Crippen molar-refractivity contribution < 1.29 is 0 Å². The molecule has 1 aliphatic rings.